The van der Waals surface area contributed by atoms with Gasteiger partial charge in [0, 0.05) is 12.1 Å². The number of amides is 1. The molecule has 0 fully saturated rings. The van der Waals surface area contributed by atoms with Crippen LogP contribution in [-0.4, -0.2) is 23.2 Å². The van der Waals surface area contributed by atoms with Crippen LogP contribution in [0.3, 0.4) is 0 Å². The lowest BCUT2D eigenvalue weighted by atomic mass is 10.2. The van der Waals surface area contributed by atoms with Crippen molar-refractivity contribution in [3.8, 4) is 17.2 Å². The molecule has 0 aliphatic carbocycles. The Hall–Kier alpha value is -3.09. The predicted molar refractivity (Wildman–Crippen MR) is 77.2 cm³/mol. The summed E-state index contributed by atoms with van der Waals surface area (Å²) in [7, 11) is 1.40. The predicted octanol–water partition coefficient (Wildman–Crippen LogP) is 3.07. The number of benzene rings is 1. The van der Waals surface area contributed by atoms with Gasteiger partial charge in [-0.1, -0.05) is 0 Å². The SMILES string of the molecule is COc1cc(F)ccc1NC(=O)c1cc(-c2ccco2)[nH]n1. The molecule has 1 amide bonds. The molecule has 0 aliphatic heterocycles. The van der Waals surface area contributed by atoms with Gasteiger partial charge in [-0.25, -0.2) is 4.39 Å². The number of anilines is 1. The van der Waals surface area contributed by atoms with Crippen LogP contribution >= 0.6 is 0 Å². The van der Waals surface area contributed by atoms with Gasteiger partial charge in [-0.15, -0.1) is 0 Å². The number of aromatic nitrogens is 2. The highest BCUT2D eigenvalue weighted by atomic mass is 19.1. The summed E-state index contributed by atoms with van der Waals surface area (Å²) in [5.74, 6) is -0.0882. The van der Waals surface area contributed by atoms with Crippen molar-refractivity contribution < 1.29 is 18.3 Å². The minimum absolute atomic E-state index is 0.178. The first-order valence-corrected chi connectivity index (χ1v) is 6.41. The van der Waals surface area contributed by atoms with E-state index >= 15 is 0 Å². The highest BCUT2D eigenvalue weighted by Crippen LogP contribution is 2.25. The minimum atomic E-state index is -0.449. The van der Waals surface area contributed by atoms with Gasteiger partial charge in [0.1, 0.15) is 17.3 Å². The molecule has 0 unspecified atom stereocenters. The van der Waals surface area contributed by atoms with Crippen molar-refractivity contribution in [2.24, 2.45) is 0 Å². The van der Waals surface area contributed by atoms with E-state index in [0.29, 0.717) is 17.1 Å². The summed E-state index contributed by atoms with van der Waals surface area (Å²) in [6, 6.07) is 8.89. The molecular formula is C15H12FN3O3. The first kappa shape index (κ1) is 13.9. The average molecular weight is 301 g/mol. The minimum Gasteiger partial charge on any atom is -0.494 e. The standard InChI is InChI=1S/C15H12FN3O3/c1-21-14-7-9(16)4-5-10(14)17-15(20)12-8-11(18-19-12)13-3-2-6-22-13/h2-8H,1H3,(H,17,20)(H,18,19). The maximum Gasteiger partial charge on any atom is 0.276 e. The fourth-order valence-corrected chi connectivity index (χ4v) is 1.95. The number of nitrogens with zero attached hydrogens (tertiary/aromatic N) is 1. The molecule has 3 aromatic rings. The van der Waals surface area contributed by atoms with Crippen LogP contribution in [0.4, 0.5) is 10.1 Å². The van der Waals surface area contributed by atoms with Crippen LogP contribution in [0.5, 0.6) is 5.75 Å². The number of furan rings is 1. The smallest absolute Gasteiger partial charge is 0.276 e. The summed E-state index contributed by atoms with van der Waals surface area (Å²) in [6.07, 6.45) is 1.53. The molecule has 0 bridgehead atoms. The van der Waals surface area contributed by atoms with Gasteiger partial charge in [-0.3, -0.25) is 9.89 Å². The number of halogens is 1. The van der Waals surface area contributed by atoms with E-state index in [-0.39, 0.29) is 11.4 Å². The lowest BCUT2D eigenvalue weighted by molar-refractivity contribution is 0.102. The van der Waals surface area contributed by atoms with E-state index in [9.17, 15) is 9.18 Å². The van der Waals surface area contributed by atoms with E-state index in [1.807, 2.05) is 0 Å². The fourth-order valence-electron chi connectivity index (χ4n) is 1.95. The van der Waals surface area contributed by atoms with Gasteiger partial charge in [-0.05, 0) is 24.3 Å². The number of methoxy groups -OCH3 is 1. The summed E-state index contributed by atoms with van der Waals surface area (Å²) in [5.41, 5.74) is 1.12. The third-order valence-corrected chi connectivity index (χ3v) is 3.01. The second-order valence-corrected chi connectivity index (χ2v) is 4.44. The molecule has 2 N–H and O–H groups in total. The first-order valence-electron chi connectivity index (χ1n) is 6.41. The number of H-pyrrole nitrogens is 1. The van der Waals surface area contributed by atoms with Gasteiger partial charge < -0.3 is 14.5 Å². The van der Waals surface area contributed by atoms with Crippen molar-refractivity contribution in [3.63, 3.8) is 0 Å². The number of rotatable bonds is 4. The lowest BCUT2D eigenvalue weighted by Crippen LogP contribution is -2.13. The molecular weight excluding hydrogens is 289 g/mol. The Morgan fingerprint density at radius 2 is 2.23 bits per heavy atom. The van der Waals surface area contributed by atoms with E-state index in [0.717, 1.165) is 0 Å². The molecule has 0 spiro atoms. The summed E-state index contributed by atoms with van der Waals surface area (Å²) < 4.78 is 23.4. The van der Waals surface area contributed by atoms with Crippen LogP contribution in [0.15, 0.2) is 47.1 Å². The maximum absolute atomic E-state index is 13.1. The molecule has 0 radical (unpaired) electrons. The zero-order valence-corrected chi connectivity index (χ0v) is 11.6. The molecule has 2 aromatic heterocycles. The lowest BCUT2D eigenvalue weighted by Gasteiger charge is -2.08. The number of hydrogen-bond acceptors (Lipinski definition) is 4. The Kier molecular flexibility index (Phi) is 3.61. The Bertz CT molecular complexity index is 796. The quantitative estimate of drug-likeness (QED) is 0.776. The van der Waals surface area contributed by atoms with Crippen molar-refractivity contribution in [3.05, 3.63) is 54.2 Å². The monoisotopic (exact) mass is 301 g/mol. The number of nitrogens with one attached hydrogen (secondary N) is 2. The zero-order valence-electron chi connectivity index (χ0n) is 11.6. The second-order valence-electron chi connectivity index (χ2n) is 4.44. The maximum atomic E-state index is 13.1. The molecule has 112 valence electrons. The largest absolute Gasteiger partial charge is 0.494 e. The van der Waals surface area contributed by atoms with Gasteiger partial charge >= 0.3 is 0 Å². The highest BCUT2D eigenvalue weighted by molar-refractivity contribution is 6.04. The Labute approximate surface area is 124 Å². The number of carbonyl (C=O) groups excluding carboxylic acids is 1. The van der Waals surface area contributed by atoms with Crippen molar-refractivity contribution >= 4 is 11.6 Å². The van der Waals surface area contributed by atoms with Crippen molar-refractivity contribution in [1.29, 1.82) is 0 Å². The van der Waals surface area contributed by atoms with Gasteiger partial charge in [-0.2, -0.15) is 5.10 Å². The molecule has 7 heteroatoms. The Morgan fingerprint density at radius 1 is 1.36 bits per heavy atom. The molecule has 0 saturated carbocycles. The third-order valence-electron chi connectivity index (χ3n) is 3.01. The Morgan fingerprint density at radius 3 is 2.95 bits per heavy atom. The normalized spacial score (nSPS) is 10.5. The molecule has 0 atom stereocenters. The van der Waals surface area contributed by atoms with Crippen LogP contribution in [0, 0.1) is 5.82 Å². The topological polar surface area (TPSA) is 80.1 Å². The van der Waals surface area contributed by atoms with E-state index in [1.54, 1.807) is 18.2 Å². The average Bonchev–Trinajstić information content (AvgIpc) is 3.19. The van der Waals surface area contributed by atoms with E-state index < -0.39 is 11.7 Å². The molecule has 1 aromatic carbocycles. The summed E-state index contributed by atoms with van der Waals surface area (Å²) in [5, 5.41) is 9.27. The van der Waals surface area contributed by atoms with Crippen LogP contribution in [0.1, 0.15) is 10.5 Å². The number of ether oxygens (including phenoxy) is 1. The summed E-state index contributed by atoms with van der Waals surface area (Å²) >= 11 is 0. The molecule has 6 nitrogen and oxygen atoms in total. The molecule has 0 saturated heterocycles. The van der Waals surface area contributed by atoms with Gasteiger partial charge in [0.05, 0.1) is 19.1 Å². The van der Waals surface area contributed by atoms with Crippen molar-refractivity contribution in [2.75, 3.05) is 12.4 Å². The number of hydrogen-bond donors (Lipinski definition) is 2. The molecule has 22 heavy (non-hydrogen) atoms. The molecule has 0 aliphatic rings. The van der Waals surface area contributed by atoms with Crippen LogP contribution in [0.2, 0.25) is 0 Å². The van der Waals surface area contributed by atoms with Gasteiger partial charge in [0.25, 0.3) is 5.91 Å². The second kappa shape index (κ2) is 5.72. The zero-order chi connectivity index (χ0) is 15.5. The Balaban J connectivity index is 1.80. The first-order chi connectivity index (χ1) is 10.7. The van der Waals surface area contributed by atoms with E-state index in [1.165, 1.54) is 31.6 Å². The summed E-state index contributed by atoms with van der Waals surface area (Å²) in [4.78, 5) is 12.2. The summed E-state index contributed by atoms with van der Waals surface area (Å²) in [6.45, 7) is 0. The molecule has 3 rings (SSSR count). The van der Waals surface area contributed by atoms with Crippen LogP contribution in [0.25, 0.3) is 11.5 Å². The number of carbonyl (C=O) groups is 1. The van der Waals surface area contributed by atoms with Gasteiger partial charge in [0.2, 0.25) is 0 Å². The number of aromatic amines is 1. The van der Waals surface area contributed by atoms with E-state index in [2.05, 4.69) is 15.5 Å². The fraction of sp³-hybridized carbons (Fsp3) is 0.0667. The highest BCUT2D eigenvalue weighted by Gasteiger charge is 2.15. The van der Waals surface area contributed by atoms with E-state index in [4.69, 9.17) is 9.15 Å². The van der Waals surface area contributed by atoms with Crippen LogP contribution in [-0.2, 0) is 0 Å². The van der Waals surface area contributed by atoms with Crippen molar-refractivity contribution in [2.45, 2.75) is 0 Å². The van der Waals surface area contributed by atoms with Crippen LogP contribution < -0.4 is 10.1 Å². The molecule has 2 heterocycles. The van der Waals surface area contributed by atoms with Gasteiger partial charge in [0.15, 0.2) is 11.5 Å². The van der Waals surface area contributed by atoms with Crippen molar-refractivity contribution in [1.82, 2.24) is 10.2 Å². The third kappa shape index (κ3) is 2.69.